The van der Waals surface area contributed by atoms with Crippen molar-refractivity contribution in [2.75, 3.05) is 11.9 Å². The number of rotatable bonds is 8. The second-order valence-corrected chi connectivity index (χ2v) is 6.90. The van der Waals surface area contributed by atoms with Crippen molar-refractivity contribution in [2.45, 2.75) is 39.7 Å². The van der Waals surface area contributed by atoms with Crippen molar-refractivity contribution >= 4 is 23.0 Å². The topological polar surface area (TPSA) is 33.3 Å². The maximum atomic E-state index is 5.71. The zero-order valence-corrected chi connectivity index (χ0v) is 16.1. The van der Waals surface area contributed by atoms with Gasteiger partial charge in [-0.1, -0.05) is 49.7 Å². The lowest BCUT2D eigenvalue weighted by atomic mass is 9.97. The largest absolute Gasteiger partial charge is 0.491 e. The minimum Gasteiger partial charge on any atom is -0.491 e. The number of thiocarbonyl (C=S) groups is 1. The molecule has 0 radical (unpaired) electrons. The Kier molecular flexibility index (Phi) is 7.74. The van der Waals surface area contributed by atoms with E-state index in [1.54, 1.807) is 0 Å². The van der Waals surface area contributed by atoms with Gasteiger partial charge in [0.1, 0.15) is 5.75 Å². The molecule has 25 heavy (non-hydrogen) atoms. The Morgan fingerprint density at radius 1 is 1.08 bits per heavy atom. The minimum atomic E-state index is 0.156. The molecule has 0 bridgehead atoms. The van der Waals surface area contributed by atoms with Crippen LogP contribution in [0.1, 0.15) is 32.8 Å². The Morgan fingerprint density at radius 2 is 1.84 bits per heavy atom. The number of ether oxygens (including phenoxy) is 1. The Morgan fingerprint density at radius 3 is 2.52 bits per heavy atom. The SMILES string of the molecule is CC[C@H](CNC(=S)Nc1cccc(OC(C)C)c1)Cc1ccccc1. The van der Waals surface area contributed by atoms with Crippen LogP contribution in [0.3, 0.4) is 0 Å². The van der Waals surface area contributed by atoms with Crippen LogP contribution in [0, 0.1) is 5.92 Å². The van der Waals surface area contributed by atoms with E-state index in [9.17, 15) is 0 Å². The van der Waals surface area contributed by atoms with Crippen molar-refractivity contribution in [3.05, 3.63) is 60.2 Å². The van der Waals surface area contributed by atoms with Gasteiger partial charge >= 0.3 is 0 Å². The summed E-state index contributed by atoms with van der Waals surface area (Å²) in [6.45, 7) is 7.12. The molecule has 0 unspecified atom stereocenters. The summed E-state index contributed by atoms with van der Waals surface area (Å²) in [5.74, 6) is 1.40. The monoisotopic (exact) mass is 356 g/mol. The van der Waals surface area contributed by atoms with Gasteiger partial charge < -0.3 is 15.4 Å². The van der Waals surface area contributed by atoms with Gasteiger partial charge in [-0.25, -0.2) is 0 Å². The highest BCUT2D eigenvalue weighted by molar-refractivity contribution is 7.80. The van der Waals surface area contributed by atoms with Crippen LogP contribution in [0.5, 0.6) is 5.75 Å². The van der Waals surface area contributed by atoms with Crippen molar-refractivity contribution in [1.29, 1.82) is 0 Å². The highest BCUT2D eigenvalue weighted by Crippen LogP contribution is 2.18. The number of nitrogens with one attached hydrogen (secondary N) is 2. The molecule has 0 aliphatic carbocycles. The maximum Gasteiger partial charge on any atom is 0.170 e. The van der Waals surface area contributed by atoms with Crippen LogP contribution in [0.2, 0.25) is 0 Å². The van der Waals surface area contributed by atoms with E-state index in [4.69, 9.17) is 17.0 Å². The molecule has 4 heteroatoms. The van der Waals surface area contributed by atoms with E-state index < -0.39 is 0 Å². The molecular formula is C21H28N2OS. The molecule has 2 aromatic carbocycles. The molecule has 1 atom stereocenters. The smallest absolute Gasteiger partial charge is 0.170 e. The van der Waals surface area contributed by atoms with Gasteiger partial charge in [-0.05, 0) is 56.1 Å². The van der Waals surface area contributed by atoms with Gasteiger partial charge in [0.2, 0.25) is 0 Å². The lowest BCUT2D eigenvalue weighted by Gasteiger charge is -2.18. The fraction of sp³-hybridized carbons (Fsp3) is 0.381. The minimum absolute atomic E-state index is 0.156. The molecule has 2 aromatic rings. The van der Waals surface area contributed by atoms with Crippen LogP contribution in [0.4, 0.5) is 5.69 Å². The van der Waals surface area contributed by atoms with Crippen LogP contribution in [-0.4, -0.2) is 17.8 Å². The highest BCUT2D eigenvalue weighted by atomic mass is 32.1. The van der Waals surface area contributed by atoms with Crippen LogP contribution in [0.25, 0.3) is 0 Å². The van der Waals surface area contributed by atoms with Crippen molar-refractivity contribution < 1.29 is 4.74 Å². The summed E-state index contributed by atoms with van der Waals surface area (Å²) in [4.78, 5) is 0. The highest BCUT2D eigenvalue weighted by Gasteiger charge is 2.08. The summed E-state index contributed by atoms with van der Waals surface area (Å²) < 4.78 is 5.71. The predicted molar refractivity (Wildman–Crippen MR) is 110 cm³/mol. The first-order valence-electron chi connectivity index (χ1n) is 8.92. The van der Waals surface area contributed by atoms with Crippen LogP contribution in [-0.2, 0) is 6.42 Å². The zero-order valence-electron chi connectivity index (χ0n) is 15.3. The third kappa shape index (κ3) is 7.14. The molecule has 0 saturated heterocycles. The van der Waals surface area contributed by atoms with Gasteiger partial charge in [0.05, 0.1) is 6.10 Å². The van der Waals surface area contributed by atoms with Crippen LogP contribution >= 0.6 is 12.2 Å². The standard InChI is InChI=1S/C21H28N2OS/c1-4-17(13-18-9-6-5-7-10-18)15-22-21(25)23-19-11-8-12-20(14-19)24-16(2)3/h5-12,14,16-17H,4,13,15H2,1-3H3,(H2,22,23,25)/t17-/m0/s1. The van der Waals surface area contributed by atoms with E-state index in [0.717, 1.165) is 30.8 Å². The average molecular weight is 357 g/mol. The molecule has 0 aromatic heterocycles. The van der Waals surface area contributed by atoms with E-state index in [1.165, 1.54) is 5.56 Å². The summed E-state index contributed by atoms with van der Waals surface area (Å²) in [7, 11) is 0. The van der Waals surface area contributed by atoms with Crippen LogP contribution in [0.15, 0.2) is 54.6 Å². The number of hydrogen-bond donors (Lipinski definition) is 2. The third-order valence-corrected chi connectivity index (χ3v) is 4.21. The van der Waals surface area contributed by atoms with Gasteiger partial charge in [0.25, 0.3) is 0 Å². The Bertz CT molecular complexity index is 658. The van der Waals surface area contributed by atoms with Crippen molar-refractivity contribution in [2.24, 2.45) is 5.92 Å². The molecule has 0 spiro atoms. The van der Waals surface area contributed by atoms with E-state index in [-0.39, 0.29) is 6.10 Å². The molecule has 0 heterocycles. The average Bonchev–Trinajstić information content (AvgIpc) is 2.59. The normalized spacial score (nSPS) is 11.8. The van der Waals surface area contributed by atoms with E-state index in [0.29, 0.717) is 11.0 Å². The first kappa shape index (κ1) is 19.3. The number of anilines is 1. The lowest BCUT2D eigenvalue weighted by molar-refractivity contribution is 0.242. The maximum absolute atomic E-state index is 5.71. The van der Waals surface area contributed by atoms with Gasteiger partial charge in [-0.3, -0.25) is 0 Å². The van der Waals surface area contributed by atoms with Gasteiger partial charge in [-0.15, -0.1) is 0 Å². The molecule has 2 N–H and O–H groups in total. The second-order valence-electron chi connectivity index (χ2n) is 6.49. The first-order valence-corrected chi connectivity index (χ1v) is 9.33. The van der Waals surface area contributed by atoms with Crippen molar-refractivity contribution in [3.63, 3.8) is 0 Å². The van der Waals surface area contributed by atoms with Gasteiger partial charge in [0, 0.05) is 18.3 Å². The molecule has 0 saturated carbocycles. The molecule has 3 nitrogen and oxygen atoms in total. The third-order valence-electron chi connectivity index (χ3n) is 3.96. The summed E-state index contributed by atoms with van der Waals surface area (Å²) in [5, 5.41) is 7.23. The van der Waals surface area contributed by atoms with E-state index in [1.807, 2.05) is 38.1 Å². The molecule has 0 aliphatic heterocycles. The quantitative estimate of drug-likeness (QED) is 0.650. The predicted octanol–water partition coefficient (Wildman–Crippen LogP) is 5.03. The van der Waals surface area contributed by atoms with E-state index in [2.05, 4.69) is 47.9 Å². The first-order chi connectivity index (χ1) is 12.1. The Balaban J connectivity index is 1.83. The molecule has 2 rings (SSSR count). The molecule has 134 valence electrons. The summed E-state index contributed by atoms with van der Waals surface area (Å²) in [6.07, 6.45) is 2.33. The van der Waals surface area contributed by atoms with Gasteiger partial charge in [-0.2, -0.15) is 0 Å². The Labute approximate surface area is 156 Å². The lowest BCUT2D eigenvalue weighted by Crippen LogP contribution is -2.33. The zero-order chi connectivity index (χ0) is 18.1. The summed E-state index contributed by atoms with van der Waals surface area (Å²) >= 11 is 5.43. The molecule has 0 aliphatic rings. The fourth-order valence-electron chi connectivity index (χ4n) is 2.64. The second kappa shape index (κ2) is 10.0. The summed E-state index contributed by atoms with van der Waals surface area (Å²) in [6, 6.07) is 18.5. The van der Waals surface area contributed by atoms with E-state index >= 15 is 0 Å². The molecular weight excluding hydrogens is 328 g/mol. The number of hydrogen-bond acceptors (Lipinski definition) is 2. The van der Waals surface area contributed by atoms with Crippen LogP contribution < -0.4 is 15.4 Å². The molecule has 0 amide bonds. The van der Waals surface area contributed by atoms with Crippen molar-refractivity contribution in [3.8, 4) is 5.75 Å². The van der Waals surface area contributed by atoms with Gasteiger partial charge in [0.15, 0.2) is 5.11 Å². The fourth-order valence-corrected chi connectivity index (χ4v) is 2.84. The molecule has 0 fully saturated rings. The number of benzene rings is 2. The Hall–Kier alpha value is -2.07. The summed E-state index contributed by atoms with van der Waals surface area (Å²) in [5.41, 5.74) is 2.31. The van der Waals surface area contributed by atoms with Crippen molar-refractivity contribution in [1.82, 2.24) is 5.32 Å².